The lowest BCUT2D eigenvalue weighted by Crippen LogP contribution is -2.50. The molecule has 0 aromatic rings. The fourth-order valence-corrected chi connectivity index (χ4v) is 4.39. The summed E-state index contributed by atoms with van der Waals surface area (Å²) in [7, 11) is 0. The minimum atomic E-state index is 0.748. The summed E-state index contributed by atoms with van der Waals surface area (Å²) in [5.74, 6) is 0.938. The zero-order chi connectivity index (χ0) is 14.2. The van der Waals surface area contributed by atoms with Crippen LogP contribution in [0.4, 0.5) is 0 Å². The third-order valence-electron chi connectivity index (χ3n) is 5.49. The molecule has 0 radical (unpaired) electrons. The van der Waals surface area contributed by atoms with E-state index < -0.39 is 0 Å². The Hall–Kier alpha value is -0.0800. The molecule has 0 aromatic heterocycles. The lowest BCUT2D eigenvalue weighted by Gasteiger charge is -2.41. The second-order valence-corrected chi connectivity index (χ2v) is 7.00. The molecule has 2 heteroatoms. The highest BCUT2D eigenvalue weighted by Crippen LogP contribution is 2.29. The summed E-state index contributed by atoms with van der Waals surface area (Å²) in [5, 5.41) is 3.82. The molecule has 2 rings (SSSR count). The predicted molar refractivity (Wildman–Crippen MR) is 88.2 cm³/mol. The van der Waals surface area contributed by atoms with Gasteiger partial charge in [0.15, 0.2) is 0 Å². The normalized spacial score (nSPS) is 27.6. The summed E-state index contributed by atoms with van der Waals surface area (Å²) in [5.41, 5.74) is 0. The van der Waals surface area contributed by atoms with Crippen molar-refractivity contribution in [2.45, 2.75) is 90.1 Å². The van der Waals surface area contributed by atoms with Gasteiger partial charge in [-0.3, -0.25) is 4.90 Å². The van der Waals surface area contributed by atoms with Gasteiger partial charge in [0.25, 0.3) is 0 Å². The van der Waals surface area contributed by atoms with E-state index in [2.05, 4.69) is 24.1 Å². The number of hydrogen-bond donors (Lipinski definition) is 1. The maximum Gasteiger partial charge on any atom is 0.0223 e. The van der Waals surface area contributed by atoms with E-state index in [0.717, 1.165) is 24.5 Å². The minimum absolute atomic E-state index is 0.748. The molecule has 1 saturated heterocycles. The molecule has 2 fully saturated rings. The molecule has 2 unspecified atom stereocenters. The molecule has 20 heavy (non-hydrogen) atoms. The quantitative estimate of drug-likeness (QED) is 0.752. The number of likely N-dealkylation sites (tertiary alicyclic amines) is 1. The molecule has 0 aromatic carbocycles. The van der Waals surface area contributed by atoms with Gasteiger partial charge >= 0.3 is 0 Å². The van der Waals surface area contributed by atoms with E-state index in [1.807, 2.05) is 0 Å². The zero-order valence-electron chi connectivity index (χ0n) is 13.9. The first kappa shape index (κ1) is 16.3. The van der Waals surface area contributed by atoms with Gasteiger partial charge in [0.2, 0.25) is 0 Å². The fourth-order valence-electron chi connectivity index (χ4n) is 4.39. The topological polar surface area (TPSA) is 15.3 Å². The summed E-state index contributed by atoms with van der Waals surface area (Å²) in [6, 6.07) is 1.62. The van der Waals surface area contributed by atoms with Crippen LogP contribution in [0.5, 0.6) is 0 Å². The van der Waals surface area contributed by atoms with Crippen molar-refractivity contribution in [1.29, 1.82) is 0 Å². The molecule has 118 valence electrons. The summed E-state index contributed by atoms with van der Waals surface area (Å²) < 4.78 is 0. The van der Waals surface area contributed by atoms with Crippen LogP contribution in [0.2, 0.25) is 0 Å². The van der Waals surface area contributed by atoms with Gasteiger partial charge in [-0.05, 0) is 51.1 Å². The van der Waals surface area contributed by atoms with Crippen molar-refractivity contribution in [3.8, 4) is 0 Å². The van der Waals surface area contributed by atoms with Crippen LogP contribution < -0.4 is 5.32 Å². The van der Waals surface area contributed by atoms with E-state index >= 15 is 0 Å². The number of likely N-dealkylation sites (N-methyl/N-ethyl adjacent to an activating group) is 1. The van der Waals surface area contributed by atoms with Gasteiger partial charge in [-0.15, -0.1) is 0 Å². The highest BCUT2D eigenvalue weighted by molar-refractivity contribution is 4.86. The Bertz CT molecular complexity index is 246. The Kier molecular flexibility index (Phi) is 7.37. The maximum absolute atomic E-state index is 3.82. The average molecular weight is 281 g/mol. The van der Waals surface area contributed by atoms with E-state index in [0.29, 0.717) is 0 Å². The van der Waals surface area contributed by atoms with E-state index in [4.69, 9.17) is 0 Å². The van der Waals surface area contributed by atoms with Crippen molar-refractivity contribution in [2.24, 2.45) is 5.92 Å². The van der Waals surface area contributed by atoms with Crippen molar-refractivity contribution >= 4 is 0 Å². The van der Waals surface area contributed by atoms with E-state index in [9.17, 15) is 0 Å². The van der Waals surface area contributed by atoms with Crippen LogP contribution in [0.1, 0.15) is 78.1 Å². The van der Waals surface area contributed by atoms with Crippen molar-refractivity contribution in [2.75, 3.05) is 19.6 Å². The smallest absolute Gasteiger partial charge is 0.0223 e. The summed E-state index contributed by atoms with van der Waals surface area (Å²) in [4.78, 5) is 2.83. The Balaban J connectivity index is 1.90. The highest BCUT2D eigenvalue weighted by Gasteiger charge is 2.28. The molecule has 0 bridgehead atoms. The largest absolute Gasteiger partial charge is 0.313 e. The molecule has 2 aliphatic rings. The Morgan fingerprint density at radius 2 is 1.75 bits per heavy atom. The van der Waals surface area contributed by atoms with Crippen LogP contribution in [0.15, 0.2) is 0 Å². The van der Waals surface area contributed by atoms with Gasteiger partial charge in [0, 0.05) is 18.6 Å². The maximum atomic E-state index is 3.82. The third kappa shape index (κ3) is 4.73. The number of nitrogens with zero attached hydrogens (tertiary/aromatic N) is 1. The molecule has 1 N–H and O–H groups in total. The minimum Gasteiger partial charge on any atom is -0.313 e. The summed E-state index contributed by atoms with van der Waals surface area (Å²) in [6.07, 6.45) is 14.4. The van der Waals surface area contributed by atoms with Crippen LogP contribution in [-0.2, 0) is 0 Å². The van der Waals surface area contributed by atoms with Gasteiger partial charge in [-0.1, -0.05) is 46.0 Å². The lowest BCUT2D eigenvalue weighted by molar-refractivity contribution is 0.105. The number of hydrogen-bond acceptors (Lipinski definition) is 2. The molecule has 2 atom stereocenters. The van der Waals surface area contributed by atoms with Crippen molar-refractivity contribution in [3.05, 3.63) is 0 Å². The first-order valence-electron chi connectivity index (χ1n) is 9.32. The second-order valence-electron chi connectivity index (χ2n) is 7.00. The molecule has 1 aliphatic heterocycles. The number of nitrogens with one attached hydrogen (secondary N) is 1. The van der Waals surface area contributed by atoms with Gasteiger partial charge in [-0.2, -0.15) is 0 Å². The van der Waals surface area contributed by atoms with E-state index in [1.54, 1.807) is 0 Å². The van der Waals surface area contributed by atoms with Crippen molar-refractivity contribution < 1.29 is 0 Å². The molecular formula is C18H36N2. The van der Waals surface area contributed by atoms with Crippen LogP contribution in [0, 0.1) is 5.92 Å². The average Bonchev–Trinajstić information content (AvgIpc) is 2.50. The molecule has 2 nitrogen and oxygen atoms in total. The first-order chi connectivity index (χ1) is 9.85. The summed E-state index contributed by atoms with van der Waals surface area (Å²) >= 11 is 0. The number of piperidine rings is 1. The van der Waals surface area contributed by atoms with Crippen LogP contribution in [-0.4, -0.2) is 36.6 Å². The second kappa shape index (κ2) is 9.04. The van der Waals surface area contributed by atoms with Crippen molar-refractivity contribution in [3.63, 3.8) is 0 Å². The van der Waals surface area contributed by atoms with Gasteiger partial charge in [0.1, 0.15) is 0 Å². The number of rotatable bonds is 7. The lowest BCUT2D eigenvalue weighted by atomic mass is 9.83. The highest BCUT2D eigenvalue weighted by atomic mass is 15.2. The Morgan fingerprint density at radius 3 is 2.45 bits per heavy atom. The standard InChI is InChI=1S/C18H36N2/c1-3-10-17-13-8-9-14-20(17)15-18(19-4-2)16-11-6-5-7-12-16/h16-19H,3-15H2,1-2H3. The van der Waals surface area contributed by atoms with Gasteiger partial charge in [0.05, 0.1) is 0 Å². The Morgan fingerprint density at radius 1 is 1.00 bits per heavy atom. The molecule has 0 amide bonds. The SMILES string of the molecule is CCCC1CCCCN1CC(NCC)C1CCCCC1. The molecule has 1 aliphatic carbocycles. The predicted octanol–water partition coefficient (Wildman–Crippen LogP) is 4.20. The summed E-state index contributed by atoms with van der Waals surface area (Å²) in [6.45, 7) is 8.40. The molecule has 1 saturated carbocycles. The van der Waals surface area contributed by atoms with Crippen LogP contribution in [0.3, 0.4) is 0 Å². The zero-order valence-corrected chi connectivity index (χ0v) is 13.9. The monoisotopic (exact) mass is 280 g/mol. The van der Waals surface area contributed by atoms with Gasteiger partial charge in [-0.25, -0.2) is 0 Å². The van der Waals surface area contributed by atoms with Crippen LogP contribution in [0.25, 0.3) is 0 Å². The molecule has 0 spiro atoms. The molecule has 1 heterocycles. The van der Waals surface area contributed by atoms with E-state index in [-0.39, 0.29) is 0 Å². The van der Waals surface area contributed by atoms with Crippen LogP contribution >= 0.6 is 0 Å². The molecular weight excluding hydrogens is 244 g/mol. The van der Waals surface area contributed by atoms with Gasteiger partial charge < -0.3 is 5.32 Å². The van der Waals surface area contributed by atoms with Crippen molar-refractivity contribution in [1.82, 2.24) is 10.2 Å². The van der Waals surface area contributed by atoms with E-state index in [1.165, 1.54) is 77.3 Å². The third-order valence-corrected chi connectivity index (χ3v) is 5.49. The Labute approximate surface area is 126 Å². The first-order valence-corrected chi connectivity index (χ1v) is 9.32. The fraction of sp³-hybridized carbons (Fsp3) is 1.00.